The van der Waals surface area contributed by atoms with Crippen LogP contribution < -0.4 is 14.4 Å². The summed E-state index contributed by atoms with van der Waals surface area (Å²) >= 11 is 1.01. The first-order chi connectivity index (χ1) is 11.2. The number of hydrogen-bond donors (Lipinski definition) is 1. The Morgan fingerprint density at radius 3 is 2.78 bits per heavy atom. The van der Waals surface area contributed by atoms with E-state index < -0.39 is 0 Å². The SMILES string of the molecule is O=C1S/C(=C/c2ccc3c(c2)OCO3)C(=O)N1C[NH+]1CCCC1. The van der Waals surface area contributed by atoms with Crippen LogP contribution in [0, 0.1) is 0 Å². The van der Waals surface area contributed by atoms with Crippen LogP contribution >= 0.6 is 11.8 Å². The van der Waals surface area contributed by atoms with Gasteiger partial charge in [-0.3, -0.25) is 9.59 Å². The van der Waals surface area contributed by atoms with Crippen LogP contribution in [-0.2, 0) is 4.79 Å². The van der Waals surface area contributed by atoms with E-state index in [1.807, 2.05) is 18.2 Å². The number of carbonyl (C=O) groups is 2. The van der Waals surface area contributed by atoms with Gasteiger partial charge in [0.05, 0.1) is 18.0 Å². The van der Waals surface area contributed by atoms with Crippen LogP contribution in [0.4, 0.5) is 4.79 Å². The fourth-order valence-corrected chi connectivity index (χ4v) is 3.89. The molecule has 0 radical (unpaired) electrons. The number of benzene rings is 1. The molecule has 0 unspecified atom stereocenters. The molecule has 7 heteroatoms. The van der Waals surface area contributed by atoms with Crippen LogP contribution in [0.1, 0.15) is 18.4 Å². The molecule has 0 bridgehead atoms. The summed E-state index contributed by atoms with van der Waals surface area (Å²) in [6.07, 6.45) is 4.07. The van der Waals surface area contributed by atoms with Gasteiger partial charge in [0.15, 0.2) is 18.2 Å². The maximum absolute atomic E-state index is 12.5. The largest absolute Gasteiger partial charge is 0.454 e. The number of carbonyl (C=O) groups excluding carboxylic acids is 2. The first-order valence-electron chi connectivity index (χ1n) is 7.69. The molecule has 2 saturated heterocycles. The van der Waals surface area contributed by atoms with Crippen LogP contribution in [0.25, 0.3) is 6.08 Å². The Hall–Kier alpha value is -1.99. The molecule has 1 aromatic carbocycles. The molecule has 6 nitrogen and oxygen atoms in total. The minimum atomic E-state index is -0.197. The lowest BCUT2D eigenvalue weighted by Crippen LogP contribution is -3.11. The number of nitrogens with zero attached hydrogens (tertiary/aromatic N) is 1. The molecule has 3 heterocycles. The molecular formula is C16H17N2O4S+. The van der Waals surface area contributed by atoms with Crippen molar-refractivity contribution in [3.8, 4) is 11.5 Å². The van der Waals surface area contributed by atoms with Crippen LogP contribution in [0.15, 0.2) is 23.1 Å². The van der Waals surface area contributed by atoms with Gasteiger partial charge in [-0.15, -0.1) is 0 Å². The second-order valence-electron chi connectivity index (χ2n) is 5.84. The topological polar surface area (TPSA) is 60.3 Å². The number of imide groups is 1. The van der Waals surface area contributed by atoms with Crippen LogP contribution in [-0.4, -0.2) is 42.6 Å². The highest BCUT2D eigenvalue weighted by atomic mass is 32.2. The summed E-state index contributed by atoms with van der Waals surface area (Å²) in [6.45, 7) is 2.75. The summed E-state index contributed by atoms with van der Waals surface area (Å²) in [5, 5.41) is -0.179. The standard InChI is InChI=1S/C16H16N2O4S/c19-15-14(8-11-3-4-12-13(7-11)22-10-21-12)23-16(20)18(15)9-17-5-1-2-6-17/h3-4,7-8H,1-2,5-6,9-10H2/p+1/b14-8+. The summed E-state index contributed by atoms with van der Waals surface area (Å²) in [5.74, 6) is 1.17. The Kier molecular flexibility index (Phi) is 3.74. The van der Waals surface area contributed by atoms with Crippen LogP contribution in [0.3, 0.4) is 0 Å². The number of likely N-dealkylation sites (tertiary alicyclic amines) is 1. The van der Waals surface area contributed by atoms with Gasteiger partial charge in [0.25, 0.3) is 11.1 Å². The lowest BCUT2D eigenvalue weighted by Gasteiger charge is -2.17. The van der Waals surface area contributed by atoms with E-state index >= 15 is 0 Å². The predicted octanol–water partition coefficient (Wildman–Crippen LogP) is 1.09. The first-order valence-corrected chi connectivity index (χ1v) is 8.51. The summed E-state index contributed by atoms with van der Waals surface area (Å²) in [5.41, 5.74) is 0.827. The van der Waals surface area contributed by atoms with Crippen LogP contribution in [0.5, 0.6) is 11.5 Å². The average molecular weight is 333 g/mol. The maximum Gasteiger partial charge on any atom is 0.298 e. The van der Waals surface area contributed by atoms with Gasteiger partial charge in [0, 0.05) is 12.8 Å². The average Bonchev–Trinajstić information content (AvgIpc) is 3.26. The molecule has 1 aromatic rings. The Bertz CT molecular complexity index is 697. The van der Waals surface area contributed by atoms with Crippen molar-refractivity contribution in [2.75, 3.05) is 26.6 Å². The molecule has 120 valence electrons. The van der Waals surface area contributed by atoms with E-state index in [4.69, 9.17) is 9.47 Å². The normalized spacial score (nSPS) is 22.6. The zero-order chi connectivity index (χ0) is 15.8. The third-order valence-corrected chi connectivity index (χ3v) is 5.17. The van der Waals surface area contributed by atoms with Crippen molar-refractivity contribution in [1.29, 1.82) is 0 Å². The number of ether oxygens (including phenoxy) is 2. The van der Waals surface area contributed by atoms with Crippen molar-refractivity contribution in [2.24, 2.45) is 0 Å². The van der Waals surface area contributed by atoms with E-state index in [-0.39, 0.29) is 17.9 Å². The van der Waals surface area contributed by atoms with E-state index in [1.54, 1.807) is 6.08 Å². The molecule has 0 saturated carbocycles. The highest BCUT2D eigenvalue weighted by Crippen LogP contribution is 2.35. The Balaban J connectivity index is 1.52. The Labute approximate surface area is 138 Å². The molecule has 0 aromatic heterocycles. The van der Waals surface area contributed by atoms with Crippen LogP contribution in [0.2, 0.25) is 0 Å². The predicted molar refractivity (Wildman–Crippen MR) is 85.2 cm³/mol. The molecular weight excluding hydrogens is 316 g/mol. The Morgan fingerprint density at radius 2 is 1.96 bits per heavy atom. The number of amides is 2. The van der Waals surface area contributed by atoms with Gasteiger partial charge < -0.3 is 14.4 Å². The molecule has 0 atom stereocenters. The quantitative estimate of drug-likeness (QED) is 0.839. The molecule has 3 aliphatic rings. The minimum Gasteiger partial charge on any atom is -0.454 e. The van der Waals surface area contributed by atoms with E-state index in [2.05, 4.69) is 0 Å². The number of fused-ring (bicyclic) bond motifs is 1. The van der Waals surface area contributed by atoms with Gasteiger partial charge in [0.2, 0.25) is 6.79 Å². The lowest BCUT2D eigenvalue weighted by molar-refractivity contribution is -0.894. The summed E-state index contributed by atoms with van der Waals surface area (Å²) < 4.78 is 10.6. The van der Waals surface area contributed by atoms with E-state index in [0.717, 1.165) is 30.4 Å². The molecule has 0 aliphatic carbocycles. The van der Waals surface area contributed by atoms with Crippen molar-refractivity contribution in [3.63, 3.8) is 0 Å². The highest BCUT2D eigenvalue weighted by molar-refractivity contribution is 8.18. The number of quaternary nitrogens is 1. The molecule has 1 N–H and O–H groups in total. The van der Waals surface area contributed by atoms with Gasteiger partial charge in [-0.25, -0.2) is 4.90 Å². The zero-order valence-corrected chi connectivity index (χ0v) is 13.4. The smallest absolute Gasteiger partial charge is 0.298 e. The van der Waals surface area contributed by atoms with Gasteiger partial charge in [0.1, 0.15) is 0 Å². The van der Waals surface area contributed by atoms with Gasteiger partial charge in [-0.2, -0.15) is 0 Å². The molecule has 4 rings (SSSR count). The number of rotatable bonds is 3. The van der Waals surface area contributed by atoms with E-state index in [1.165, 1.54) is 22.6 Å². The van der Waals surface area contributed by atoms with Crippen molar-refractivity contribution in [3.05, 3.63) is 28.7 Å². The lowest BCUT2D eigenvalue weighted by atomic mass is 10.2. The number of thioether (sulfide) groups is 1. The number of nitrogens with one attached hydrogen (secondary N) is 1. The molecule has 2 fully saturated rings. The van der Waals surface area contributed by atoms with Crippen molar-refractivity contribution >= 4 is 29.0 Å². The maximum atomic E-state index is 12.5. The zero-order valence-electron chi connectivity index (χ0n) is 12.5. The second-order valence-corrected chi connectivity index (χ2v) is 6.83. The highest BCUT2D eigenvalue weighted by Gasteiger charge is 2.38. The van der Waals surface area contributed by atoms with Gasteiger partial charge in [-0.05, 0) is 35.5 Å². The molecule has 2 amide bonds. The second kappa shape index (κ2) is 5.90. The van der Waals surface area contributed by atoms with E-state index in [9.17, 15) is 9.59 Å². The summed E-state index contributed by atoms with van der Waals surface area (Å²) in [7, 11) is 0. The van der Waals surface area contributed by atoms with Crippen molar-refractivity contribution < 1.29 is 24.0 Å². The first kappa shape index (κ1) is 14.6. The van der Waals surface area contributed by atoms with Crippen molar-refractivity contribution in [1.82, 2.24) is 4.90 Å². The molecule has 0 spiro atoms. The van der Waals surface area contributed by atoms with E-state index in [0.29, 0.717) is 23.1 Å². The third-order valence-electron chi connectivity index (χ3n) is 4.26. The monoisotopic (exact) mass is 333 g/mol. The van der Waals surface area contributed by atoms with Crippen molar-refractivity contribution in [2.45, 2.75) is 12.8 Å². The van der Waals surface area contributed by atoms with Gasteiger partial charge >= 0.3 is 0 Å². The summed E-state index contributed by atoms with van der Waals surface area (Å²) in [6, 6.07) is 5.49. The molecule has 3 aliphatic heterocycles. The fraction of sp³-hybridized carbons (Fsp3) is 0.375. The molecule has 23 heavy (non-hydrogen) atoms. The minimum absolute atomic E-state index is 0.179. The van der Waals surface area contributed by atoms with Gasteiger partial charge in [-0.1, -0.05) is 6.07 Å². The fourth-order valence-electron chi connectivity index (χ4n) is 3.05. The Morgan fingerprint density at radius 1 is 1.17 bits per heavy atom. The third kappa shape index (κ3) is 2.82. The number of hydrogen-bond acceptors (Lipinski definition) is 5. The summed E-state index contributed by atoms with van der Waals surface area (Å²) in [4.78, 5) is 27.8.